The van der Waals surface area contributed by atoms with Crippen LogP contribution in [0.3, 0.4) is 0 Å². The van der Waals surface area contributed by atoms with Crippen molar-refractivity contribution in [1.82, 2.24) is 14.3 Å². The van der Waals surface area contributed by atoms with Gasteiger partial charge in [0, 0.05) is 50.6 Å². The molecule has 1 fully saturated rings. The molecule has 1 aromatic carbocycles. The number of benzene rings is 1. The van der Waals surface area contributed by atoms with E-state index >= 15 is 0 Å². The van der Waals surface area contributed by atoms with Gasteiger partial charge in [-0.25, -0.2) is 13.5 Å². The summed E-state index contributed by atoms with van der Waals surface area (Å²) in [5.41, 5.74) is 0.624. The van der Waals surface area contributed by atoms with Gasteiger partial charge in [-0.2, -0.15) is 5.10 Å². The van der Waals surface area contributed by atoms with Crippen molar-refractivity contribution in [3.63, 3.8) is 0 Å². The Balaban J connectivity index is 1.44. The highest BCUT2D eigenvalue weighted by molar-refractivity contribution is 5.86. The van der Waals surface area contributed by atoms with Crippen LogP contribution in [0.1, 0.15) is 12.8 Å². The number of halogens is 2. The van der Waals surface area contributed by atoms with Crippen LogP contribution in [0, 0.1) is 0 Å². The van der Waals surface area contributed by atoms with E-state index in [2.05, 4.69) is 10.00 Å². The van der Waals surface area contributed by atoms with Crippen molar-refractivity contribution in [2.24, 2.45) is 7.05 Å². The highest BCUT2D eigenvalue weighted by atomic mass is 19.3. The molecule has 148 valence electrons. The quantitative estimate of drug-likeness (QED) is 0.674. The first-order chi connectivity index (χ1) is 13.5. The van der Waals surface area contributed by atoms with E-state index in [0.29, 0.717) is 0 Å². The molecule has 28 heavy (non-hydrogen) atoms. The van der Waals surface area contributed by atoms with Gasteiger partial charge in [-0.3, -0.25) is 4.79 Å². The molecule has 1 aliphatic heterocycles. The van der Waals surface area contributed by atoms with Gasteiger partial charge in [0.1, 0.15) is 17.7 Å². The lowest BCUT2D eigenvalue weighted by atomic mass is 10.1. The highest BCUT2D eigenvalue weighted by Gasteiger charge is 2.22. The second-order valence-electron chi connectivity index (χ2n) is 7.01. The summed E-state index contributed by atoms with van der Waals surface area (Å²) >= 11 is 0. The number of hydrogen-bond acceptors (Lipinski definition) is 4. The number of aryl methyl sites for hydroxylation is 1. The van der Waals surface area contributed by atoms with Crippen molar-refractivity contribution < 1.29 is 13.5 Å². The molecule has 0 spiro atoms. The maximum Gasteiger partial charge on any atom is 0.266 e. The van der Waals surface area contributed by atoms with Crippen molar-refractivity contribution in [2.45, 2.75) is 31.9 Å². The summed E-state index contributed by atoms with van der Waals surface area (Å²) in [4.78, 5) is 13.6. The number of nitrogens with zero attached hydrogens (tertiary/aromatic N) is 4. The van der Waals surface area contributed by atoms with E-state index in [1.807, 2.05) is 24.3 Å². The zero-order valence-electron chi connectivity index (χ0n) is 15.6. The summed E-state index contributed by atoms with van der Waals surface area (Å²) < 4.78 is 34.6. The van der Waals surface area contributed by atoms with Gasteiger partial charge < -0.3 is 14.2 Å². The van der Waals surface area contributed by atoms with E-state index in [9.17, 15) is 13.6 Å². The second-order valence-corrected chi connectivity index (χ2v) is 7.01. The molecule has 3 aromatic rings. The van der Waals surface area contributed by atoms with E-state index < -0.39 is 6.43 Å². The highest BCUT2D eigenvalue weighted by Crippen LogP contribution is 2.30. The van der Waals surface area contributed by atoms with Crippen LogP contribution in [0.5, 0.6) is 5.75 Å². The number of alkyl halides is 2. The summed E-state index contributed by atoms with van der Waals surface area (Å²) in [6.45, 7) is 1.23. The molecule has 0 bridgehead atoms. The number of piperidine rings is 1. The molecular weight excluding hydrogens is 366 g/mol. The monoisotopic (exact) mass is 388 g/mol. The van der Waals surface area contributed by atoms with E-state index in [1.54, 1.807) is 23.9 Å². The summed E-state index contributed by atoms with van der Waals surface area (Å²) in [7, 11) is 1.64. The van der Waals surface area contributed by atoms with Crippen molar-refractivity contribution in [3.8, 4) is 5.75 Å². The van der Waals surface area contributed by atoms with Crippen LogP contribution >= 0.6 is 0 Å². The molecule has 0 N–H and O–H groups in total. The largest absolute Gasteiger partial charge is 0.490 e. The number of ether oxygens (including phenoxy) is 1. The molecule has 8 heteroatoms. The van der Waals surface area contributed by atoms with Crippen LogP contribution in [0.4, 0.5) is 14.6 Å². The van der Waals surface area contributed by atoms with Crippen LogP contribution in [0.15, 0.2) is 47.4 Å². The lowest BCUT2D eigenvalue weighted by Gasteiger charge is -2.33. The number of rotatable bonds is 5. The Morgan fingerprint density at radius 2 is 1.96 bits per heavy atom. The van der Waals surface area contributed by atoms with Crippen molar-refractivity contribution in [2.75, 3.05) is 18.0 Å². The summed E-state index contributed by atoms with van der Waals surface area (Å²) in [6, 6.07) is 10.7. The second kappa shape index (κ2) is 7.61. The number of hydrogen-bond donors (Lipinski definition) is 0. The molecule has 6 nitrogen and oxygen atoms in total. The van der Waals surface area contributed by atoms with E-state index in [-0.39, 0.29) is 18.2 Å². The molecular formula is C20H22F2N4O2. The zero-order chi connectivity index (χ0) is 19.7. The van der Waals surface area contributed by atoms with Crippen LogP contribution in [0.25, 0.3) is 10.9 Å². The van der Waals surface area contributed by atoms with Crippen LogP contribution in [-0.2, 0) is 13.6 Å². The normalized spacial score (nSPS) is 15.5. The van der Waals surface area contributed by atoms with Crippen LogP contribution < -0.4 is 15.2 Å². The first-order valence-corrected chi connectivity index (χ1v) is 9.33. The van der Waals surface area contributed by atoms with Gasteiger partial charge >= 0.3 is 0 Å². The topological polar surface area (TPSA) is 52.3 Å². The first-order valence-electron chi connectivity index (χ1n) is 9.33. The van der Waals surface area contributed by atoms with Crippen LogP contribution in [0.2, 0.25) is 0 Å². The van der Waals surface area contributed by atoms with Crippen molar-refractivity contribution >= 4 is 16.7 Å². The molecule has 0 unspecified atom stereocenters. The fourth-order valence-corrected chi connectivity index (χ4v) is 3.65. The lowest BCUT2D eigenvalue weighted by molar-refractivity contribution is 0.128. The first kappa shape index (κ1) is 18.5. The fourth-order valence-electron chi connectivity index (χ4n) is 3.65. The lowest BCUT2D eigenvalue weighted by Crippen LogP contribution is -2.39. The Labute approximate surface area is 160 Å². The zero-order valence-corrected chi connectivity index (χ0v) is 15.6. The summed E-state index contributed by atoms with van der Waals surface area (Å²) in [6.07, 6.45) is 0.970. The van der Waals surface area contributed by atoms with Crippen molar-refractivity contribution in [3.05, 3.63) is 52.9 Å². The number of fused-ring (bicyclic) bond motifs is 1. The summed E-state index contributed by atoms with van der Waals surface area (Å²) in [5.74, 6) is 1.51. The Morgan fingerprint density at radius 3 is 2.68 bits per heavy atom. The standard InChI is InChI=1S/C20H22F2N4O2/c1-24-20(27)6-5-19(23-24)25-10-7-14(8-11-25)28-17-4-2-3-16-15(17)9-12-26(16)13-18(21)22/h2-6,9,12,14,18H,7-8,10-11,13H2,1H3. The minimum Gasteiger partial charge on any atom is -0.490 e. The average Bonchev–Trinajstić information content (AvgIpc) is 3.08. The molecule has 0 atom stereocenters. The third-order valence-corrected chi connectivity index (χ3v) is 5.11. The Morgan fingerprint density at radius 1 is 1.18 bits per heavy atom. The molecule has 3 heterocycles. The van der Waals surface area contributed by atoms with Gasteiger partial charge in [0.25, 0.3) is 12.0 Å². The minimum atomic E-state index is -2.39. The van der Waals surface area contributed by atoms with Gasteiger partial charge in [-0.1, -0.05) is 6.07 Å². The average molecular weight is 388 g/mol. The molecule has 0 radical (unpaired) electrons. The predicted molar refractivity (Wildman–Crippen MR) is 103 cm³/mol. The molecule has 1 aliphatic rings. The summed E-state index contributed by atoms with van der Waals surface area (Å²) in [5, 5.41) is 5.15. The molecule has 1 saturated heterocycles. The van der Waals surface area contributed by atoms with E-state index in [0.717, 1.165) is 48.4 Å². The molecule has 2 aromatic heterocycles. The van der Waals surface area contributed by atoms with Crippen molar-refractivity contribution in [1.29, 1.82) is 0 Å². The minimum absolute atomic E-state index is 0.0489. The SMILES string of the molecule is Cn1nc(N2CCC(Oc3cccc4c3ccn4CC(F)F)CC2)ccc1=O. The van der Waals surface area contributed by atoms with Crippen LogP contribution in [-0.4, -0.2) is 40.0 Å². The number of anilines is 1. The Hall–Kier alpha value is -2.90. The van der Waals surface area contributed by atoms with E-state index in [1.165, 1.54) is 10.7 Å². The molecule has 0 amide bonds. The molecule has 0 aliphatic carbocycles. The third-order valence-electron chi connectivity index (χ3n) is 5.11. The smallest absolute Gasteiger partial charge is 0.266 e. The molecule has 4 rings (SSSR count). The van der Waals surface area contributed by atoms with Gasteiger partial charge in [0.2, 0.25) is 0 Å². The maximum absolute atomic E-state index is 12.7. The van der Waals surface area contributed by atoms with Gasteiger partial charge in [0.05, 0.1) is 12.1 Å². The fraction of sp³-hybridized carbons (Fsp3) is 0.400. The Bertz CT molecular complexity index is 1020. The van der Waals surface area contributed by atoms with Gasteiger partial charge in [-0.05, 0) is 24.3 Å². The third kappa shape index (κ3) is 3.72. The number of aromatic nitrogens is 3. The Kier molecular flexibility index (Phi) is 5.02. The van der Waals surface area contributed by atoms with Gasteiger partial charge in [0.15, 0.2) is 0 Å². The molecule has 0 saturated carbocycles. The van der Waals surface area contributed by atoms with Gasteiger partial charge in [-0.15, -0.1) is 0 Å². The van der Waals surface area contributed by atoms with E-state index in [4.69, 9.17) is 4.74 Å². The predicted octanol–water partition coefficient (Wildman–Crippen LogP) is 3.05. The maximum atomic E-state index is 12.7.